The average molecular weight is 430 g/mol. The molecule has 0 spiro atoms. The van der Waals surface area contributed by atoms with E-state index in [1.165, 1.54) is 18.3 Å². The lowest BCUT2D eigenvalue weighted by molar-refractivity contribution is 0.241. The van der Waals surface area contributed by atoms with E-state index in [1.54, 1.807) is 30.3 Å². The lowest BCUT2D eigenvalue weighted by atomic mass is 10.1. The van der Waals surface area contributed by atoms with E-state index in [2.05, 4.69) is 9.97 Å². The minimum absolute atomic E-state index is 0.0917. The van der Waals surface area contributed by atoms with Crippen molar-refractivity contribution in [2.75, 3.05) is 6.26 Å². The number of aromatic amines is 1. The van der Waals surface area contributed by atoms with Crippen LogP contribution in [-0.2, 0) is 16.4 Å². The third-order valence-corrected chi connectivity index (χ3v) is 5.18. The van der Waals surface area contributed by atoms with E-state index < -0.39 is 22.0 Å². The first-order chi connectivity index (χ1) is 14.2. The molecule has 0 saturated heterocycles. The minimum Gasteiger partial charge on any atom is -0.491 e. The summed E-state index contributed by atoms with van der Waals surface area (Å²) < 4.78 is 34.9. The number of aliphatic hydroxyl groups excluding tert-OH is 1. The molecule has 158 valence electrons. The molecule has 0 radical (unpaired) electrons. The molecule has 1 heterocycles. The number of aromatic nitrogens is 2. The molecule has 8 nitrogen and oxygen atoms in total. The number of ether oxygens (including phenoxy) is 2. The van der Waals surface area contributed by atoms with Crippen molar-refractivity contribution in [3.05, 3.63) is 64.6 Å². The van der Waals surface area contributed by atoms with Gasteiger partial charge in [0.25, 0.3) is 5.56 Å². The monoisotopic (exact) mass is 430 g/mol. The highest BCUT2D eigenvalue weighted by molar-refractivity contribution is 7.90. The van der Waals surface area contributed by atoms with Crippen LogP contribution < -0.4 is 15.0 Å². The average Bonchev–Trinajstić information content (AvgIpc) is 2.67. The van der Waals surface area contributed by atoms with Gasteiger partial charge in [0.05, 0.1) is 23.2 Å². The van der Waals surface area contributed by atoms with E-state index in [1.807, 2.05) is 13.8 Å². The Morgan fingerprint density at radius 2 is 1.73 bits per heavy atom. The maximum absolute atomic E-state index is 12.0. The smallest absolute Gasteiger partial charge is 0.256 e. The Bertz CT molecular complexity index is 1200. The summed E-state index contributed by atoms with van der Waals surface area (Å²) in [6.07, 6.45) is 2.36. The van der Waals surface area contributed by atoms with Crippen LogP contribution in [0.15, 0.2) is 58.4 Å². The summed E-state index contributed by atoms with van der Waals surface area (Å²) in [5, 5.41) is 9.16. The van der Waals surface area contributed by atoms with Crippen molar-refractivity contribution < 1.29 is 23.0 Å². The molecule has 3 aromatic rings. The van der Waals surface area contributed by atoms with Crippen molar-refractivity contribution in [3.8, 4) is 28.6 Å². The molecule has 9 heteroatoms. The molecular formula is C21H22N2O6S. The first-order valence-corrected chi connectivity index (χ1v) is 11.0. The van der Waals surface area contributed by atoms with Gasteiger partial charge in [-0.15, -0.1) is 0 Å². The Kier molecular flexibility index (Phi) is 6.23. The fourth-order valence-electron chi connectivity index (χ4n) is 2.68. The molecule has 0 atom stereocenters. The number of nitrogens with one attached hydrogen (secondary N) is 1. The summed E-state index contributed by atoms with van der Waals surface area (Å²) in [5.74, 6) is 1.67. The molecule has 2 aromatic carbocycles. The summed E-state index contributed by atoms with van der Waals surface area (Å²) in [6.45, 7) is 3.36. The van der Waals surface area contributed by atoms with Crippen molar-refractivity contribution >= 4 is 9.84 Å². The Morgan fingerprint density at radius 3 is 2.30 bits per heavy atom. The summed E-state index contributed by atoms with van der Waals surface area (Å²) in [7, 11) is -3.30. The maximum atomic E-state index is 12.0. The van der Waals surface area contributed by atoms with Crippen LogP contribution in [0.1, 0.15) is 19.4 Å². The molecule has 0 aliphatic carbocycles. The van der Waals surface area contributed by atoms with Gasteiger partial charge in [-0.3, -0.25) is 4.79 Å². The molecule has 0 bridgehead atoms. The van der Waals surface area contributed by atoms with Crippen molar-refractivity contribution in [3.63, 3.8) is 0 Å². The van der Waals surface area contributed by atoms with Crippen LogP contribution in [0, 0.1) is 0 Å². The zero-order valence-corrected chi connectivity index (χ0v) is 17.6. The first-order valence-electron chi connectivity index (χ1n) is 9.15. The van der Waals surface area contributed by atoms with Crippen molar-refractivity contribution in [1.82, 2.24) is 9.97 Å². The van der Waals surface area contributed by atoms with Crippen LogP contribution in [0.25, 0.3) is 11.4 Å². The third kappa shape index (κ3) is 5.25. The molecular weight excluding hydrogens is 408 g/mol. The fourth-order valence-corrected chi connectivity index (χ4v) is 3.31. The third-order valence-electron chi connectivity index (χ3n) is 4.06. The molecule has 0 saturated carbocycles. The predicted molar refractivity (Wildman–Crippen MR) is 112 cm³/mol. The molecule has 1 aromatic heterocycles. The highest BCUT2D eigenvalue weighted by Crippen LogP contribution is 2.32. The van der Waals surface area contributed by atoms with Gasteiger partial charge in [-0.2, -0.15) is 0 Å². The molecule has 0 unspecified atom stereocenters. The molecule has 0 fully saturated rings. The standard InChI is InChI=1S/C21H22N2O6S/c1-13(2)28-17-8-14(20-22-11-15(12-24)21(25)23-20)9-18(10-17)29-16-4-6-19(7-5-16)30(3,26)27/h4-11,13,24H,12H2,1-3H3,(H,22,23,25). The minimum atomic E-state index is -3.30. The molecule has 0 aliphatic heterocycles. The first kappa shape index (κ1) is 21.5. The van der Waals surface area contributed by atoms with Crippen LogP contribution in [0.3, 0.4) is 0 Å². The Hall–Kier alpha value is -3.17. The van der Waals surface area contributed by atoms with Crippen molar-refractivity contribution in [2.24, 2.45) is 0 Å². The number of hydrogen-bond acceptors (Lipinski definition) is 7. The maximum Gasteiger partial charge on any atom is 0.256 e. The van der Waals surface area contributed by atoms with Crippen LogP contribution in [0.5, 0.6) is 17.2 Å². The van der Waals surface area contributed by atoms with Crippen LogP contribution in [-0.4, -0.2) is 35.9 Å². The Morgan fingerprint density at radius 1 is 1.07 bits per heavy atom. The quantitative estimate of drug-likeness (QED) is 0.591. The number of H-pyrrole nitrogens is 1. The fraction of sp³-hybridized carbons (Fsp3) is 0.238. The van der Waals surface area contributed by atoms with Crippen LogP contribution >= 0.6 is 0 Å². The number of sulfone groups is 1. The normalized spacial score (nSPS) is 11.5. The number of benzene rings is 2. The van der Waals surface area contributed by atoms with Gasteiger partial charge < -0.3 is 19.6 Å². The molecule has 2 N–H and O–H groups in total. The largest absolute Gasteiger partial charge is 0.491 e. The van der Waals surface area contributed by atoms with Gasteiger partial charge in [-0.05, 0) is 50.2 Å². The lowest BCUT2D eigenvalue weighted by Gasteiger charge is -2.14. The van der Waals surface area contributed by atoms with Crippen molar-refractivity contribution in [2.45, 2.75) is 31.5 Å². The highest BCUT2D eigenvalue weighted by Gasteiger charge is 2.12. The van der Waals surface area contributed by atoms with Gasteiger partial charge in [-0.1, -0.05) is 0 Å². The second-order valence-electron chi connectivity index (χ2n) is 6.95. The Labute approximate surface area is 174 Å². The summed E-state index contributed by atoms with van der Waals surface area (Å²) in [6, 6.07) is 11.1. The number of aliphatic hydroxyl groups is 1. The zero-order chi connectivity index (χ0) is 21.9. The predicted octanol–water partition coefficient (Wildman–Crippen LogP) is 2.91. The van der Waals surface area contributed by atoms with Gasteiger partial charge in [0.1, 0.15) is 23.1 Å². The number of hydrogen-bond donors (Lipinski definition) is 2. The summed E-state index contributed by atoms with van der Waals surface area (Å²) in [4.78, 5) is 19.1. The van der Waals surface area contributed by atoms with Gasteiger partial charge in [0.2, 0.25) is 0 Å². The zero-order valence-electron chi connectivity index (χ0n) is 16.7. The topological polar surface area (TPSA) is 119 Å². The van der Waals surface area contributed by atoms with Crippen LogP contribution in [0.2, 0.25) is 0 Å². The molecule has 0 aliphatic rings. The molecule has 30 heavy (non-hydrogen) atoms. The Balaban J connectivity index is 1.98. The second-order valence-corrected chi connectivity index (χ2v) is 8.97. The lowest BCUT2D eigenvalue weighted by Crippen LogP contribution is -2.14. The second kappa shape index (κ2) is 8.68. The van der Waals surface area contributed by atoms with E-state index in [4.69, 9.17) is 14.6 Å². The van der Waals surface area contributed by atoms with Gasteiger partial charge in [0.15, 0.2) is 9.84 Å². The van der Waals surface area contributed by atoms with E-state index in [-0.39, 0.29) is 16.6 Å². The highest BCUT2D eigenvalue weighted by atomic mass is 32.2. The van der Waals surface area contributed by atoms with Gasteiger partial charge >= 0.3 is 0 Å². The van der Waals surface area contributed by atoms with E-state index in [0.29, 0.717) is 28.6 Å². The van der Waals surface area contributed by atoms with Crippen molar-refractivity contribution in [1.29, 1.82) is 0 Å². The summed E-state index contributed by atoms with van der Waals surface area (Å²) in [5.41, 5.74) is 0.282. The van der Waals surface area contributed by atoms with E-state index >= 15 is 0 Å². The molecule has 0 amide bonds. The van der Waals surface area contributed by atoms with Crippen LogP contribution in [0.4, 0.5) is 0 Å². The summed E-state index contributed by atoms with van der Waals surface area (Å²) >= 11 is 0. The van der Waals surface area contributed by atoms with Gasteiger partial charge in [-0.25, -0.2) is 13.4 Å². The van der Waals surface area contributed by atoms with Gasteiger partial charge in [0, 0.05) is 24.1 Å². The SMILES string of the molecule is CC(C)Oc1cc(Oc2ccc(S(C)(=O)=O)cc2)cc(-c2ncc(CO)c(=O)[nH]2)c1. The van der Waals surface area contributed by atoms with E-state index in [9.17, 15) is 13.2 Å². The van der Waals surface area contributed by atoms with E-state index in [0.717, 1.165) is 6.26 Å². The number of nitrogens with zero attached hydrogens (tertiary/aromatic N) is 1. The molecule has 3 rings (SSSR count). The number of rotatable bonds is 7.